The Kier molecular flexibility index (Phi) is 4.97. The molecule has 1 fully saturated rings. The van der Waals surface area contributed by atoms with E-state index in [4.69, 9.17) is 0 Å². The number of hydrogen-bond donors (Lipinski definition) is 2. The first-order valence-electron chi connectivity index (χ1n) is 7.21. The fourth-order valence-corrected chi connectivity index (χ4v) is 2.44. The zero-order valence-corrected chi connectivity index (χ0v) is 11.9. The third-order valence-corrected chi connectivity index (χ3v) is 3.77. The number of hydrogen-bond acceptors (Lipinski definition) is 2. The first kappa shape index (κ1) is 14.1. The average Bonchev–Trinajstić information content (AvgIpc) is 2.89. The summed E-state index contributed by atoms with van der Waals surface area (Å²) >= 11 is 0. The van der Waals surface area contributed by atoms with E-state index in [-0.39, 0.29) is 5.91 Å². The molecule has 1 aliphatic rings. The van der Waals surface area contributed by atoms with Gasteiger partial charge in [0.15, 0.2) is 0 Å². The normalized spacial score (nSPS) is 18.8. The molecule has 1 amide bonds. The van der Waals surface area contributed by atoms with Crippen molar-refractivity contribution in [3.63, 3.8) is 0 Å². The van der Waals surface area contributed by atoms with E-state index in [1.165, 1.54) is 11.1 Å². The van der Waals surface area contributed by atoms with E-state index in [1.54, 1.807) is 0 Å². The van der Waals surface area contributed by atoms with Gasteiger partial charge in [0.2, 0.25) is 5.91 Å². The van der Waals surface area contributed by atoms with Gasteiger partial charge in [-0.2, -0.15) is 0 Å². The van der Waals surface area contributed by atoms with E-state index in [0.29, 0.717) is 24.8 Å². The molecule has 0 aliphatic carbocycles. The number of carbonyl (C=O) groups excluding carboxylic acids is 1. The fourth-order valence-electron chi connectivity index (χ4n) is 2.44. The highest BCUT2D eigenvalue weighted by Crippen LogP contribution is 2.15. The lowest BCUT2D eigenvalue weighted by Crippen LogP contribution is -2.25. The van der Waals surface area contributed by atoms with Gasteiger partial charge in [0.1, 0.15) is 0 Å². The maximum absolute atomic E-state index is 11.8. The zero-order valence-electron chi connectivity index (χ0n) is 11.9. The SMILES string of the molecule is CC(C)c1ccc(CNC(=O)CC2CCNC2)cc1. The van der Waals surface area contributed by atoms with Crippen molar-refractivity contribution in [2.24, 2.45) is 5.92 Å². The second-order valence-corrected chi connectivity index (χ2v) is 5.74. The lowest BCUT2D eigenvalue weighted by Gasteiger charge is -2.10. The van der Waals surface area contributed by atoms with Crippen molar-refractivity contribution in [1.82, 2.24) is 10.6 Å². The Morgan fingerprint density at radius 1 is 1.37 bits per heavy atom. The van der Waals surface area contributed by atoms with Crippen LogP contribution in [0, 0.1) is 5.92 Å². The van der Waals surface area contributed by atoms with Gasteiger partial charge in [-0.05, 0) is 42.5 Å². The number of rotatable bonds is 5. The van der Waals surface area contributed by atoms with Crippen LogP contribution in [0.4, 0.5) is 0 Å². The Labute approximate surface area is 115 Å². The fraction of sp³-hybridized carbons (Fsp3) is 0.562. The summed E-state index contributed by atoms with van der Waals surface area (Å²) in [5.41, 5.74) is 2.51. The summed E-state index contributed by atoms with van der Waals surface area (Å²) in [4.78, 5) is 11.8. The molecule has 1 aromatic rings. The molecule has 1 saturated heterocycles. The van der Waals surface area contributed by atoms with E-state index in [1.807, 2.05) is 0 Å². The lowest BCUT2D eigenvalue weighted by molar-refractivity contribution is -0.122. The second kappa shape index (κ2) is 6.71. The van der Waals surface area contributed by atoms with Crippen LogP contribution < -0.4 is 10.6 Å². The van der Waals surface area contributed by atoms with Gasteiger partial charge in [0, 0.05) is 13.0 Å². The predicted molar refractivity (Wildman–Crippen MR) is 78.0 cm³/mol. The third kappa shape index (κ3) is 4.35. The van der Waals surface area contributed by atoms with E-state index >= 15 is 0 Å². The Morgan fingerprint density at radius 2 is 2.11 bits per heavy atom. The van der Waals surface area contributed by atoms with Crippen molar-refractivity contribution in [2.45, 2.75) is 39.2 Å². The monoisotopic (exact) mass is 260 g/mol. The van der Waals surface area contributed by atoms with Crippen LogP contribution >= 0.6 is 0 Å². The lowest BCUT2D eigenvalue weighted by atomic mass is 10.0. The molecule has 0 saturated carbocycles. The second-order valence-electron chi connectivity index (χ2n) is 5.74. The minimum Gasteiger partial charge on any atom is -0.352 e. The first-order chi connectivity index (χ1) is 9.15. The van der Waals surface area contributed by atoms with Gasteiger partial charge in [-0.15, -0.1) is 0 Å². The molecule has 1 unspecified atom stereocenters. The maximum atomic E-state index is 11.8. The van der Waals surface area contributed by atoms with Crippen LogP contribution in [0.2, 0.25) is 0 Å². The smallest absolute Gasteiger partial charge is 0.220 e. The number of benzene rings is 1. The molecule has 3 heteroatoms. The largest absolute Gasteiger partial charge is 0.352 e. The van der Waals surface area contributed by atoms with Gasteiger partial charge in [0.25, 0.3) is 0 Å². The number of nitrogens with one attached hydrogen (secondary N) is 2. The molecule has 19 heavy (non-hydrogen) atoms. The molecule has 1 atom stereocenters. The van der Waals surface area contributed by atoms with Crippen LogP contribution in [0.15, 0.2) is 24.3 Å². The molecule has 3 nitrogen and oxygen atoms in total. The Bertz CT molecular complexity index is 405. The van der Waals surface area contributed by atoms with Crippen molar-refractivity contribution >= 4 is 5.91 Å². The van der Waals surface area contributed by atoms with E-state index in [0.717, 1.165) is 19.5 Å². The molecule has 2 N–H and O–H groups in total. The minimum atomic E-state index is 0.168. The zero-order chi connectivity index (χ0) is 13.7. The molecule has 2 rings (SSSR count). The topological polar surface area (TPSA) is 41.1 Å². The van der Waals surface area contributed by atoms with Crippen molar-refractivity contribution in [2.75, 3.05) is 13.1 Å². The molecule has 0 spiro atoms. The van der Waals surface area contributed by atoms with Gasteiger partial charge in [0.05, 0.1) is 0 Å². The molecular formula is C16H24N2O. The van der Waals surface area contributed by atoms with Crippen LogP contribution in [-0.4, -0.2) is 19.0 Å². The highest BCUT2D eigenvalue weighted by molar-refractivity contribution is 5.76. The number of carbonyl (C=O) groups is 1. The van der Waals surface area contributed by atoms with Gasteiger partial charge < -0.3 is 10.6 Å². The molecule has 1 aromatic carbocycles. The summed E-state index contributed by atoms with van der Waals surface area (Å²) in [5.74, 6) is 1.24. The van der Waals surface area contributed by atoms with Crippen molar-refractivity contribution in [3.8, 4) is 0 Å². The van der Waals surface area contributed by atoms with Gasteiger partial charge in [-0.1, -0.05) is 38.1 Å². The summed E-state index contributed by atoms with van der Waals surface area (Å²) in [6, 6.07) is 8.50. The van der Waals surface area contributed by atoms with Crippen LogP contribution in [-0.2, 0) is 11.3 Å². The highest BCUT2D eigenvalue weighted by Gasteiger charge is 2.17. The molecule has 0 aromatic heterocycles. The minimum absolute atomic E-state index is 0.168. The molecule has 0 radical (unpaired) electrons. The Morgan fingerprint density at radius 3 is 2.68 bits per heavy atom. The standard InChI is InChI=1S/C16H24N2O/c1-12(2)15-5-3-13(4-6-15)11-18-16(19)9-14-7-8-17-10-14/h3-6,12,14,17H,7-11H2,1-2H3,(H,18,19). The van der Waals surface area contributed by atoms with E-state index in [2.05, 4.69) is 48.7 Å². The quantitative estimate of drug-likeness (QED) is 0.853. The van der Waals surface area contributed by atoms with Crippen LogP contribution in [0.25, 0.3) is 0 Å². The molecule has 104 valence electrons. The Balaban J connectivity index is 1.76. The third-order valence-electron chi connectivity index (χ3n) is 3.77. The van der Waals surface area contributed by atoms with Crippen molar-refractivity contribution in [1.29, 1.82) is 0 Å². The summed E-state index contributed by atoms with van der Waals surface area (Å²) in [7, 11) is 0. The van der Waals surface area contributed by atoms with Gasteiger partial charge in [-0.3, -0.25) is 4.79 Å². The van der Waals surface area contributed by atoms with E-state index in [9.17, 15) is 4.79 Å². The molecule has 1 aliphatic heterocycles. The number of amides is 1. The van der Waals surface area contributed by atoms with Crippen molar-refractivity contribution < 1.29 is 4.79 Å². The molecule has 1 heterocycles. The van der Waals surface area contributed by atoms with Crippen LogP contribution in [0.5, 0.6) is 0 Å². The first-order valence-corrected chi connectivity index (χ1v) is 7.21. The predicted octanol–water partition coefficient (Wildman–Crippen LogP) is 2.43. The highest BCUT2D eigenvalue weighted by atomic mass is 16.1. The Hall–Kier alpha value is -1.35. The van der Waals surface area contributed by atoms with Crippen molar-refractivity contribution in [3.05, 3.63) is 35.4 Å². The van der Waals surface area contributed by atoms with Gasteiger partial charge in [-0.25, -0.2) is 0 Å². The summed E-state index contributed by atoms with van der Waals surface area (Å²) < 4.78 is 0. The molecule has 0 bridgehead atoms. The summed E-state index contributed by atoms with van der Waals surface area (Å²) in [6.45, 7) is 7.04. The van der Waals surface area contributed by atoms with Gasteiger partial charge >= 0.3 is 0 Å². The summed E-state index contributed by atoms with van der Waals surface area (Å²) in [6.07, 6.45) is 1.77. The average molecular weight is 260 g/mol. The molecular weight excluding hydrogens is 236 g/mol. The maximum Gasteiger partial charge on any atom is 0.220 e. The van der Waals surface area contributed by atoms with E-state index < -0.39 is 0 Å². The van der Waals surface area contributed by atoms with Crippen LogP contribution in [0.1, 0.15) is 43.7 Å². The summed E-state index contributed by atoms with van der Waals surface area (Å²) in [5, 5.41) is 6.30. The van der Waals surface area contributed by atoms with Crippen LogP contribution in [0.3, 0.4) is 0 Å².